The van der Waals surface area contributed by atoms with Crippen LogP contribution in [-0.4, -0.2) is 9.55 Å². The molecule has 0 atom stereocenters. The Labute approximate surface area is 73.3 Å². The Bertz CT molecular complexity index is 399. The lowest BCUT2D eigenvalue weighted by Crippen LogP contribution is -2.16. The summed E-state index contributed by atoms with van der Waals surface area (Å²) in [5, 5.41) is 4.05. The number of H-pyrrole nitrogens is 1. The van der Waals surface area contributed by atoms with E-state index in [2.05, 4.69) is 4.98 Å². The summed E-state index contributed by atoms with van der Waals surface area (Å²) in [4.78, 5) is 13.6. The summed E-state index contributed by atoms with van der Waals surface area (Å²) in [5.41, 5.74) is 1.11. The van der Waals surface area contributed by atoms with Crippen LogP contribution < -0.4 is 5.69 Å². The molecule has 0 aliphatic rings. The van der Waals surface area contributed by atoms with Crippen LogP contribution in [0.15, 0.2) is 34.0 Å². The van der Waals surface area contributed by atoms with Crippen molar-refractivity contribution >= 4 is 11.3 Å². The summed E-state index contributed by atoms with van der Waals surface area (Å²) in [6.07, 6.45) is 3.40. The predicted octanol–water partition coefficient (Wildman–Crippen LogP) is 1.29. The number of hydrogen-bond donors (Lipinski definition) is 1. The average Bonchev–Trinajstić information content (AvgIpc) is 2.65. The van der Waals surface area contributed by atoms with Gasteiger partial charge in [-0.2, -0.15) is 11.3 Å². The topological polar surface area (TPSA) is 37.8 Å². The highest BCUT2D eigenvalue weighted by molar-refractivity contribution is 7.07. The molecule has 0 fully saturated rings. The van der Waals surface area contributed by atoms with Gasteiger partial charge in [0.15, 0.2) is 0 Å². The summed E-state index contributed by atoms with van der Waals surface area (Å²) in [5.74, 6) is 0. The molecule has 12 heavy (non-hydrogen) atoms. The number of aromatic nitrogens is 2. The summed E-state index contributed by atoms with van der Waals surface area (Å²) in [7, 11) is 0. The minimum absolute atomic E-state index is 0.0544. The van der Waals surface area contributed by atoms with Crippen LogP contribution >= 0.6 is 11.3 Å². The number of rotatable bonds is 2. The van der Waals surface area contributed by atoms with Crippen LogP contribution in [-0.2, 0) is 6.54 Å². The monoisotopic (exact) mass is 180 g/mol. The van der Waals surface area contributed by atoms with Gasteiger partial charge in [0.25, 0.3) is 0 Å². The first kappa shape index (κ1) is 7.36. The maximum Gasteiger partial charge on any atom is 0.325 e. The Morgan fingerprint density at radius 2 is 2.50 bits per heavy atom. The zero-order valence-corrected chi connectivity index (χ0v) is 7.17. The van der Waals surface area contributed by atoms with Gasteiger partial charge in [0.05, 0.1) is 6.54 Å². The van der Waals surface area contributed by atoms with Gasteiger partial charge in [0.1, 0.15) is 0 Å². The van der Waals surface area contributed by atoms with Crippen molar-refractivity contribution in [2.24, 2.45) is 0 Å². The van der Waals surface area contributed by atoms with Crippen molar-refractivity contribution in [3.05, 3.63) is 45.3 Å². The van der Waals surface area contributed by atoms with Gasteiger partial charge in [-0.1, -0.05) is 0 Å². The van der Waals surface area contributed by atoms with Gasteiger partial charge in [0.2, 0.25) is 0 Å². The lowest BCUT2D eigenvalue weighted by molar-refractivity contribution is 0.764. The Kier molecular flexibility index (Phi) is 1.83. The van der Waals surface area contributed by atoms with Gasteiger partial charge in [-0.25, -0.2) is 4.79 Å². The molecule has 2 rings (SSSR count). The number of thiophene rings is 1. The van der Waals surface area contributed by atoms with Gasteiger partial charge in [0, 0.05) is 12.4 Å². The van der Waals surface area contributed by atoms with E-state index in [1.165, 1.54) is 5.56 Å². The Balaban J connectivity index is 2.25. The van der Waals surface area contributed by atoms with Crippen LogP contribution in [0.25, 0.3) is 0 Å². The largest absolute Gasteiger partial charge is 0.325 e. The molecule has 2 heterocycles. The molecule has 2 aromatic rings. The van der Waals surface area contributed by atoms with Gasteiger partial charge in [-0.15, -0.1) is 0 Å². The van der Waals surface area contributed by atoms with Gasteiger partial charge < -0.3 is 4.98 Å². The third kappa shape index (κ3) is 1.33. The Morgan fingerprint density at radius 3 is 3.08 bits per heavy atom. The molecule has 62 valence electrons. The van der Waals surface area contributed by atoms with E-state index >= 15 is 0 Å². The molecule has 4 heteroatoms. The van der Waals surface area contributed by atoms with E-state index in [0.29, 0.717) is 6.54 Å². The first-order valence-corrected chi connectivity index (χ1v) is 4.55. The van der Waals surface area contributed by atoms with E-state index < -0.39 is 0 Å². The molecular weight excluding hydrogens is 172 g/mol. The SMILES string of the molecule is O=c1[nH]ccn1Cc1ccsc1. The van der Waals surface area contributed by atoms with Crippen LogP contribution in [0.3, 0.4) is 0 Å². The van der Waals surface area contributed by atoms with Crippen molar-refractivity contribution in [2.45, 2.75) is 6.54 Å². The van der Waals surface area contributed by atoms with Crippen LogP contribution in [0.4, 0.5) is 0 Å². The molecule has 0 bridgehead atoms. The van der Waals surface area contributed by atoms with Crippen LogP contribution in [0.5, 0.6) is 0 Å². The summed E-state index contributed by atoms with van der Waals surface area (Å²) < 4.78 is 1.64. The normalized spacial score (nSPS) is 10.3. The van der Waals surface area contributed by atoms with Crippen molar-refractivity contribution in [3.63, 3.8) is 0 Å². The molecule has 0 saturated carbocycles. The molecule has 1 N–H and O–H groups in total. The third-order valence-corrected chi connectivity index (χ3v) is 2.39. The van der Waals surface area contributed by atoms with E-state index in [0.717, 1.165) is 0 Å². The zero-order chi connectivity index (χ0) is 8.39. The molecule has 0 amide bonds. The molecule has 0 saturated heterocycles. The molecule has 3 nitrogen and oxygen atoms in total. The molecular formula is C8H8N2OS. The fourth-order valence-corrected chi connectivity index (χ4v) is 1.71. The minimum Gasteiger partial charge on any atom is -0.313 e. The quantitative estimate of drug-likeness (QED) is 0.743. The lowest BCUT2D eigenvalue weighted by Gasteiger charge is -1.95. The molecule has 2 aromatic heterocycles. The summed E-state index contributed by atoms with van der Waals surface area (Å²) in [6.45, 7) is 0.659. The van der Waals surface area contributed by atoms with E-state index in [-0.39, 0.29) is 5.69 Å². The van der Waals surface area contributed by atoms with Crippen molar-refractivity contribution in [1.82, 2.24) is 9.55 Å². The van der Waals surface area contributed by atoms with Crippen molar-refractivity contribution in [1.29, 1.82) is 0 Å². The fourth-order valence-electron chi connectivity index (χ4n) is 1.05. The number of imidazole rings is 1. The average molecular weight is 180 g/mol. The molecule has 0 unspecified atom stereocenters. The standard InChI is InChI=1S/C8H8N2OS/c11-8-9-2-3-10(8)5-7-1-4-12-6-7/h1-4,6H,5H2,(H,9,11). The number of nitrogens with zero attached hydrogens (tertiary/aromatic N) is 1. The molecule has 0 radical (unpaired) electrons. The lowest BCUT2D eigenvalue weighted by atomic mass is 10.3. The highest BCUT2D eigenvalue weighted by Crippen LogP contribution is 2.06. The molecule has 0 aromatic carbocycles. The van der Waals surface area contributed by atoms with Gasteiger partial charge in [-0.3, -0.25) is 4.57 Å². The first-order chi connectivity index (χ1) is 5.86. The first-order valence-electron chi connectivity index (χ1n) is 3.61. The Hall–Kier alpha value is -1.29. The Morgan fingerprint density at radius 1 is 1.58 bits per heavy atom. The highest BCUT2D eigenvalue weighted by atomic mass is 32.1. The van der Waals surface area contributed by atoms with Crippen molar-refractivity contribution < 1.29 is 0 Å². The van der Waals surface area contributed by atoms with E-state index in [9.17, 15) is 4.79 Å². The van der Waals surface area contributed by atoms with E-state index in [1.807, 2.05) is 16.8 Å². The number of aromatic amines is 1. The second-order valence-corrected chi connectivity index (χ2v) is 3.30. The van der Waals surface area contributed by atoms with Gasteiger partial charge in [-0.05, 0) is 22.4 Å². The number of nitrogens with one attached hydrogen (secondary N) is 1. The molecule has 0 aliphatic carbocycles. The number of hydrogen-bond acceptors (Lipinski definition) is 2. The zero-order valence-electron chi connectivity index (χ0n) is 6.36. The fraction of sp³-hybridized carbons (Fsp3) is 0.125. The molecule has 0 spiro atoms. The van der Waals surface area contributed by atoms with Crippen molar-refractivity contribution in [2.75, 3.05) is 0 Å². The van der Waals surface area contributed by atoms with Crippen molar-refractivity contribution in [3.8, 4) is 0 Å². The second-order valence-electron chi connectivity index (χ2n) is 2.52. The molecule has 0 aliphatic heterocycles. The highest BCUT2D eigenvalue weighted by Gasteiger charge is 1.97. The van der Waals surface area contributed by atoms with Crippen LogP contribution in [0, 0.1) is 0 Å². The minimum atomic E-state index is -0.0544. The maximum atomic E-state index is 11.1. The maximum absolute atomic E-state index is 11.1. The van der Waals surface area contributed by atoms with E-state index in [4.69, 9.17) is 0 Å². The second kappa shape index (κ2) is 2.98. The summed E-state index contributed by atoms with van der Waals surface area (Å²) in [6, 6.07) is 2.02. The predicted molar refractivity (Wildman–Crippen MR) is 48.5 cm³/mol. The third-order valence-electron chi connectivity index (χ3n) is 1.66. The van der Waals surface area contributed by atoms with Gasteiger partial charge >= 0.3 is 5.69 Å². The van der Waals surface area contributed by atoms with Crippen LogP contribution in [0.1, 0.15) is 5.56 Å². The summed E-state index contributed by atoms with van der Waals surface area (Å²) >= 11 is 1.64. The van der Waals surface area contributed by atoms with E-state index in [1.54, 1.807) is 28.3 Å². The van der Waals surface area contributed by atoms with Crippen LogP contribution in [0.2, 0.25) is 0 Å². The smallest absolute Gasteiger partial charge is 0.313 e.